The highest BCUT2D eigenvalue weighted by molar-refractivity contribution is 7.80. The Labute approximate surface area is 63.9 Å². The monoisotopic (exact) mass is 160 g/mol. The fraction of sp³-hybridized carbons (Fsp3) is 0.800. The van der Waals surface area contributed by atoms with Crippen molar-refractivity contribution >= 4 is 17.2 Å². The van der Waals surface area contributed by atoms with Crippen molar-refractivity contribution in [2.24, 2.45) is 0 Å². The lowest BCUT2D eigenvalue weighted by molar-refractivity contribution is -0.629. The Hall–Kier alpha value is -0.710. The van der Waals surface area contributed by atoms with Crippen LogP contribution in [0.2, 0.25) is 0 Å². The van der Waals surface area contributed by atoms with E-state index in [9.17, 15) is 10.1 Å². The van der Waals surface area contributed by atoms with Gasteiger partial charge in [-0.2, -0.15) is 0 Å². The molecule has 0 N–H and O–H groups in total. The van der Waals surface area contributed by atoms with Gasteiger partial charge in [-0.15, -0.1) is 0 Å². The van der Waals surface area contributed by atoms with E-state index >= 15 is 0 Å². The maximum absolute atomic E-state index is 10.2. The molecule has 0 spiro atoms. The van der Waals surface area contributed by atoms with Gasteiger partial charge < -0.3 is 0 Å². The number of piperidine rings is 1. The molecular weight excluding hydrogens is 152 g/mol. The number of hydrazine groups is 1. The van der Waals surface area contributed by atoms with Crippen LogP contribution in [0.5, 0.6) is 0 Å². The molecule has 0 aliphatic carbocycles. The molecule has 1 aliphatic heterocycles. The molecule has 56 valence electrons. The van der Waals surface area contributed by atoms with Crippen molar-refractivity contribution < 1.29 is 5.03 Å². The second kappa shape index (κ2) is 2.92. The van der Waals surface area contributed by atoms with E-state index in [1.165, 1.54) is 0 Å². The third-order valence-corrected chi connectivity index (χ3v) is 1.91. The fourth-order valence-corrected chi connectivity index (χ4v) is 1.27. The van der Waals surface area contributed by atoms with Crippen molar-refractivity contribution in [3.8, 4) is 0 Å². The van der Waals surface area contributed by atoms with Crippen LogP contribution < -0.4 is 0 Å². The Morgan fingerprint density at radius 1 is 1.60 bits per heavy atom. The van der Waals surface area contributed by atoms with Gasteiger partial charge in [-0.25, -0.2) is 10.1 Å². The lowest BCUT2D eigenvalue weighted by Crippen LogP contribution is -2.38. The summed E-state index contributed by atoms with van der Waals surface area (Å²) in [4.78, 5) is 10.7. The van der Waals surface area contributed by atoms with E-state index in [1.54, 1.807) is 0 Å². The highest BCUT2D eigenvalue weighted by Crippen LogP contribution is 2.11. The third kappa shape index (κ3) is 1.41. The van der Waals surface area contributed by atoms with Gasteiger partial charge in [0.2, 0.25) is 0 Å². The standard InChI is InChI=1S/C5H8N2O2S/c8-7(9)6-4-2-1-3-5(6)10/h1-4H2. The first-order valence-corrected chi connectivity index (χ1v) is 3.57. The molecule has 0 aromatic rings. The number of rotatable bonds is 1. The summed E-state index contributed by atoms with van der Waals surface area (Å²) in [5, 5.41) is 10.8. The maximum atomic E-state index is 10.2. The second-order valence-corrected chi connectivity index (χ2v) is 2.68. The maximum Gasteiger partial charge on any atom is 0.165 e. The van der Waals surface area contributed by atoms with Crippen molar-refractivity contribution in [2.45, 2.75) is 19.3 Å². The molecule has 10 heavy (non-hydrogen) atoms. The van der Waals surface area contributed by atoms with Crippen LogP contribution in [0, 0.1) is 10.1 Å². The Morgan fingerprint density at radius 3 is 2.70 bits per heavy atom. The molecule has 0 aromatic carbocycles. The molecule has 0 amide bonds. The lowest BCUT2D eigenvalue weighted by atomic mass is 10.2. The summed E-state index contributed by atoms with van der Waals surface area (Å²) in [6.07, 6.45) is 2.56. The summed E-state index contributed by atoms with van der Waals surface area (Å²) in [6, 6.07) is 0. The molecule has 1 fully saturated rings. The van der Waals surface area contributed by atoms with E-state index in [0.29, 0.717) is 18.0 Å². The smallest absolute Gasteiger partial charge is 0.165 e. The fourth-order valence-electron chi connectivity index (χ4n) is 0.964. The Balaban J connectivity index is 2.56. The highest BCUT2D eigenvalue weighted by Gasteiger charge is 2.22. The van der Waals surface area contributed by atoms with Gasteiger partial charge >= 0.3 is 0 Å². The van der Waals surface area contributed by atoms with Gasteiger partial charge in [0.1, 0.15) is 4.99 Å². The van der Waals surface area contributed by atoms with Crippen LogP contribution in [0.25, 0.3) is 0 Å². The third-order valence-electron chi connectivity index (χ3n) is 1.50. The van der Waals surface area contributed by atoms with Gasteiger partial charge in [-0.05, 0) is 12.8 Å². The van der Waals surface area contributed by atoms with Crippen LogP contribution in [0.15, 0.2) is 0 Å². The Morgan fingerprint density at radius 2 is 2.30 bits per heavy atom. The number of nitrogens with zero attached hydrogens (tertiary/aromatic N) is 2. The number of nitro groups is 1. The van der Waals surface area contributed by atoms with Crippen molar-refractivity contribution in [1.82, 2.24) is 5.01 Å². The molecule has 0 saturated carbocycles. The molecule has 1 rings (SSSR count). The van der Waals surface area contributed by atoms with Crippen molar-refractivity contribution in [3.05, 3.63) is 10.1 Å². The topological polar surface area (TPSA) is 46.4 Å². The van der Waals surface area contributed by atoms with E-state index < -0.39 is 5.03 Å². The first-order valence-electron chi connectivity index (χ1n) is 3.16. The normalized spacial score (nSPS) is 19.2. The minimum atomic E-state index is -0.429. The summed E-state index contributed by atoms with van der Waals surface area (Å²) >= 11 is 4.79. The van der Waals surface area contributed by atoms with Crippen LogP contribution in [0.4, 0.5) is 0 Å². The van der Waals surface area contributed by atoms with Crippen LogP contribution >= 0.6 is 12.2 Å². The van der Waals surface area contributed by atoms with E-state index in [1.807, 2.05) is 0 Å². The van der Waals surface area contributed by atoms with E-state index in [2.05, 4.69) is 0 Å². The largest absolute Gasteiger partial charge is 0.234 e. The summed E-state index contributed by atoms with van der Waals surface area (Å²) in [7, 11) is 0. The molecule has 0 bridgehead atoms. The molecule has 5 heteroatoms. The number of hydrogen-bond donors (Lipinski definition) is 0. The second-order valence-electron chi connectivity index (χ2n) is 2.21. The number of thiocarbonyl (C=S) groups is 1. The molecule has 1 saturated heterocycles. The quantitative estimate of drug-likeness (QED) is 0.326. The van der Waals surface area contributed by atoms with E-state index in [0.717, 1.165) is 17.9 Å². The van der Waals surface area contributed by atoms with Crippen LogP contribution in [0.3, 0.4) is 0 Å². The lowest BCUT2D eigenvalue weighted by Gasteiger charge is -2.18. The Bertz CT molecular complexity index is 171. The van der Waals surface area contributed by atoms with Crippen LogP contribution in [-0.2, 0) is 0 Å². The van der Waals surface area contributed by atoms with Gasteiger partial charge in [0.15, 0.2) is 5.03 Å². The molecular formula is C5H8N2O2S. The zero-order valence-electron chi connectivity index (χ0n) is 5.45. The zero-order valence-corrected chi connectivity index (χ0v) is 6.26. The van der Waals surface area contributed by atoms with Crippen molar-refractivity contribution in [2.75, 3.05) is 6.54 Å². The predicted molar refractivity (Wildman–Crippen MR) is 40.1 cm³/mol. The first kappa shape index (κ1) is 7.40. The summed E-state index contributed by atoms with van der Waals surface area (Å²) in [6.45, 7) is 0.478. The van der Waals surface area contributed by atoms with E-state index in [-0.39, 0.29) is 0 Å². The predicted octanol–water partition coefficient (Wildman–Crippen LogP) is 0.991. The Kier molecular flexibility index (Phi) is 2.16. The summed E-state index contributed by atoms with van der Waals surface area (Å²) < 4.78 is 0. The summed E-state index contributed by atoms with van der Waals surface area (Å²) in [5.74, 6) is 0. The minimum Gasteiger partial charge on any atom is -0.234 e. The number of hydrogen-bond acceptors (Lipinski definition) is 3. The van der Waals surface area contributed by atoms with E-state index in [4.69, 9.17) is 12.2 Å². The molecule has 1 aliphatic rings. The molecule has 0 atom stereocenters. The first-order chi connectivity index (χ1) is 4.72. The van der Waals surface area contributed by atoms with Crippen molar-refractivity contribution in [3.63, 3.8) is 0 Å². The highest BCUT2D eigenvalue weighted by atomic mass is 32.1. The van der Waals surface area contributed by atoms with Crippen LogP contribution in [0.1, 0.15) is 19.3 Å². The zero-order chi connectivity index (χ0) is 7.56. The SMILES string of the molecule is O=[N+]([O-])N1CCCCC1=S. The minimum absolute atomic E-state index is 0.429. The van der Waals surface area contributed by atoms with Gasteiger partial charge in [-0.1, -0.05) is 17.2 Å². The molecule has 0 unspecified atom stereocenters. The molecule has 1 heterocycles. The molecule has 4 nitrogen and oxygen atoms in total. The summed E-state index contributed by atoms with van der Waals surface area (Å²) in [5.41, 5.74) is 0. The van der Waals surface area contributed by atoms with Crippen molar-refractivity contribution in [1.29, 1.82) is 0 Å². The molecule has 0 aromatic heterocycles. The molecule has 0 radical (unpaired) electrons. The van der Waals surface area contributed by atoms with Gasteiger partial charge in [0, 0.05) is 6.42 Å². The van der Waals surface area contributed by atoms with Gasteiger partial charge in [0.25, 0.3) is 0 Å². The van der Waals surface area contributed by atoms with Gasteiger partial charge in [0.05, 0.1) is 6.54 Å². The average molecular weight is 160 g/mol. The average Bonchev–Trinajstić information content (AvgIpc) is 1.88. The van der Waals surface area contributed by atoms with Gasteiger partial charge in [-0.3, -0.25) is 0 Å². The van der Waals surface area contributed by atoms with Crippen LogP contribution in [-0.4, -0.2) is 21.6 Å².